The summed E-state index contributed by atoms with van der Waals surface area (Å²) in [5.74, 6) is -1.10. The molecular formula is C7H16N2O4S. The molecule has 0 saturated heterocycles. The molecule has 84 valence electrons. The van der Waals surface area contributed by atoms with Gasteiger partial charge < -0.3 is 5.11 Å². The Morgan fingerprint density at radius 2 is 1.64 bits per heavy atom. The first kappa shape index (κ1) is 13.3. The van der Waals surface area contributed by atoms with E-state index in [0.717, 1.165) is 0 Å². The van der Waals surface area contributed by atoms with Gasteiger partial charge in [0.1, 0.15) is 0 Å². The third-order valence-electron chi connectivity index (χ3n) is 2.49. The van der Waals surface area contributed by atoms with Crippen LogP contribution in [0.3, 0.4) is 0 Å². The number of aliphatic carboxylic acids is 1. The SMILES string of the molecule is CC(C)(NS(N)(=O)=O)C(C)(C)C(=O)O. The predicted molar refractivity (Wildman–Crippen MR) is 51.7 cm³/mol. The van der Waals surface area contributed by atoms with Crippen molar-refractivity contribution in [2.24, 2.45) is 10.6 Å². The Morgan fingerprint density at radius 3 is 1.86 bits per heavy atom. The molecule has 0 amide bonds. The zero-order chi connectivity index (χ0) is 11.8. The fourth-order valence-corrected chi connectivity index (χ4v) is 1.72. The summed E-state index contributed by atoms with van der Waals surface area (Å²) in [6.07, 6.45) is 0. The minimum absolute atomic E-state index is 1.10. The first-order chi connectivity index (χ1) is 5.90. The first-order valence-corrected chi connectivity index (χ1v) is 5.50. The number of nitrogens with two attached hydrogens (primary N) is 1. The Bertz CT molecular complexity index is 332. The van der Waals surface area contributed by atoms with Crippen LogP contribution in [0.2, 0.25) is 0 Å². The molecule has 0 aliphatic rings. The van der Waals surface area contributed by atoms with Gasteiger partial charge in [-0.15, -0.1) is 0 Å². The molecule has 0 bridgehead atoms. The topological polar surface area (TPSA) is 109 Å². The molecule has 7 heteroatoms. The van der Waals surface area contributed by atoms with Crippen LogP contribution >= 0.6 is 0 Å². The van der Waals surface area contributed by atoms with Gasteiger partial charge in [-0.2, -0.15) is 13.1 Å². The van der Waals surface area contributed by atoms with E-state index in [2.05, 4.69) is 4.72 Å². The summed E-state index contributed by atoms with van der Waals surface area (Å²) < 4.78 is 23.7. The molecule has 0 rings (SSSR count). The Balaban J connectivity index is 5.06. The van der Waals surface area contributed by atoms with Crippen molar-refractivity contribution >= 4 is 16.2 Å². The molecule has 0 heterocycles. The van der Waals surface area contributed by atoms with Crippen LogP contribution < -0.4 is 9.86 Å². The number of carboxylic acids is 1. The number of rotatable bonds is 4. The normalized spacial score (nSPS) is 14.1. The quantitative estimate of drug-likeness (QED) is 0.607. The van der Waals surface area contributed by atoms with E-state index in [9.17, 15) is 13.2 Å². The molecule has 0 saturated carbocycles. The molecular weight excluding hydrogens is 208 g/mol. The van der Waals surface area contributed by atoms with Crippen LogP contribution in [0.15, 0.2) is 0 Å². The van der Waals surface area contributed by atoms with Crippen LogP contribution in [0, 0.1) is 5.41 Å². The zero-order valence-corrected chi connectivity index (χ0v) is 9.47. The fraction of sp³-hybridized carbons (Fsp3) is 0.857. The van der Waals surface area contributed by atoms with Gasteiger partial charge in [0.05, 0.1) is 5.41 Å². The summed E-state index contributed by atoms with van der Waals surface area (Å²) in [6.45, 7) is 5.78. The maximum absolute atomic E-state index is 10.9. The predicted octanol–water partition coefficient (Wildman–Crippen LogP) is -0.331. The zero-order valence-electron chi connectivity index (χ0n) is 8.66. The number of hydrogen-bond acceptors (Lipinski definition) is 3. The highest BCUT2D eigenvalue weighted by Crippen LogP contribution is 2.30. The standard InChI is InChI=1S/C7H16N2O4S/c1-6(2,5(10)11)7(3,4)9-14(8,12)13/h9H,1-4H3,(H,10,11)(H2,8,12,13). The smallest absolute Gasteiger partial charge is 0.310 e. The molecule has 0 fully saturated rings. The molecule has 4 N–H and O–H groups in total. The van der Waals surface area contributed by atoms with Gasteiger partial charge in [0.15, 0.2) is 0 Å². The Hall–Kier alpha value is -0.660. The third kappa shape index (κ3) is 2.93. The summed E-state index contributed by atoms with van der Waals surface area (Å²) in [6, 6.07) is 0. The number of hydrogen-bond donors (Lipinski definition) is 3. The highest BCUT2D eigenvalue weighted by Gasteiger charge is 2.45. The summed E-state index contributed by atoms with van der Waals surface area (Å²) >= 11 is 0. The van der Waals surface area contributed by atoms with Crippen LogP contribution in [-0.4, -0.2) is 25.0 Å². The maximum atomic E-state index is 10.9. The summed E-state index contributed by atoms with van der Waals surface area (Å²) in [7, 11) is -3.91. The molecule has 0 unspecified atom stereocenters. The van der Waals surface area contributed by atoms with Gasteiger partial charge in [-0.05, 0) is 27.7 Å². The van der Waals surface area contributed by atoms with Gasteiger partial charge in [0.2, 0.25) is 0 Å². The minimum Gasteiger partial charge on any atom is -0.481 e. The molecule has 0 atom stereocenters. The van der Waals surface area contributed by atoms with Gasteiger partial charge in [-0.3, -0.25) is 4.79 Å². The molecule has 0 radical (unpaired) electrons. The highest BCUT2D eigenvalue weighted by molar-refractivity contribution is 7.87. The second-order valence-corrected chi connectivity index (χ2v) is 5.50. The van der Waals surface area contributed by atoms with Gasteiger partial charge in [0, 0.05) is 5.54 Å². The van der Waals surface area contributed by atoms with Crippen molar-refractivity contribution in [1.29, 1.82) is 0 Å². The lowest BCUT2D eigenvalue weighted by atomic mass is 9.75. The van der Waals surface area contributed by atoms with Crippen LogP contribution in [0.25, 0.3) is 0 Å². The van der Waals surface area contributed by atoms with Crippen LogP contribution in [0.5, 0.6) is 0 Å². The van der Waals surface area contributed by atoms with Crippen molar-refractivity contribution in [2.75, 3.05) is 0 Å². The third-order valence-corrected chi connectivity index (χ3v) is 3.29. The molecule has 6 nitrogen and oxygen atoms in total. The molecule has 0 aromatic carbocycles. The Kier molecular flexibility index (Phi) is 3.32. The number of carbonyl (C=O) groups is 1. The van der Waals surface area contributed by atoms with Gasteiger partial charge in [0.25, 0.3) is 10.2 Å². The van der Waals surface area contributed by atoms with Crippen molar-refractivity contribution in [3.05, 3.63) is 0 Å². The lowest BCUT2D eigenvalue weighted by Crippen LogP contribution is -2.58. The molecule has 0 aliphatic carbocycles. The van der Waals surface area contributed by atoms with E-state index in [1.165, 1.54) is 27.7 Å². The van der Waals surface area contributed by atoms with Gasteiger partial charge in [-0.25, -0.2) is 5.14 Å². The van der Waals surface area contributed by atoms with E-state index in [-0.39, 0.29) is 0 Å². The Labute approximate surface area is 83.7 Å². The lowest BCUT2D eigenvalue weighted by Gasteiger charge is -2.37. The average molecular weight is 224 g/mol. The maximum Gasteiger partial charge on any atom is 0.310 e. The van der Waals surface area contributed by atoms with Crippen LogP contribution in [-0.2, 0) is 15.0 Å². The van der Waals surface area contributed by atoms with Crippen LogP contribution in [0.4, 0.5) is 0 Å². The molecule has 0 aromatic heterocycles. The van der Waals surface area contributed by atoms with E-state index in [0.29, 0.717) is 0 Å². The van der Waals surface area contributed by atoms with E-state index in [4.69, 9.17) is 10.2 Å². The van der Waals surface area contributed by atoms with Gasteiger partial charge >= 0.3 is 5.97 Å². The summed E-state index contributed by atoms with van der Waals surface area (Å²) in [5, 5.41) is 13.7. The molecule has 0 aliphatic heterocycles. The first-order valence-electron chi connectivity index (χ1n) is 3.95. The van der Waals surface area contributed by atoms with Crippen molar-refractivity contribution < 1.29 is 18.3 Å². The molecule has 14 heavy (non-hydrogen) atoms. The summed E-state index contributed by atoms with van der Waals surface area (Å²) in [5.41, 5.74) is -2.41. The fourth-order valence-electron chi connectivity index (χ4n) is 0.751. The van der Waals surface area contributed by atoms with E-state index >= 15 is 0 Å². The number of nitrogens with one attached hydrogen (secondary N) is 1. The van der Waals surface area contributed by atoms with Crippen LogP contribution in [0.1, 0.15) is 27.7 Å². The van der Waals surface area contributed by atoms with Crippen molar-refractivity contribution in [2.45, 2.75) is 33.2 Å². The van der Waals surface area contributed by atoms with Gasteiger partial charge in [-0.1, -0.05) is 0 Å². The van der Waals surface area contributed by atoms with Crippen molar-refractivity contribution in [3.63, 3.8) is 0 Å². The summed E-state index contributed by atoms with van der Waals surface area (Å²) in [4.78, 5) is 10.9. The molecule has 0 spiro atoms. The largest absolute Gasteiger partial charge is 0.481 e. The lowest BCUT2D eigenvalue weighted by molar-refractivity contribution is -0.150. The van der Waals surface area contributed by atoms with E-state index < -0.39 is 27.1 Å². The molecule has 0 aromatic rings. The van der Waals surface area contributed by atoms with E-state index in [1.807, 2.05) is 0 Å². The average Bonchev–Trinajstić information content (AvgIpc) is 1.80. The van der Waals surface area contributed by atoms with Crippen molar-refractivity contribution in [1.82, 2.24) is 4.72 Å². The Morgan fingerprint density at radius 1 is 1.29 bits per heavy atom. The second-order valence-electron chi connectivity index (χ2n) is 4.20. The number of carboxylic acid groups (broad SMARTS) is 1. The van der Waals surface area contributed by atoms with E-state index in [1.54, 1.807) is 0 Å². The monoisotopic (exact) mass is 224 g/mol. The highest BCUT2D eigenvalue weighted by atomic mass is 32.2. The second kappa shape index (κ2) is 3.48. The minimum atomic E-state index is -3.91. The van der Waals surface area contributed by atoms with Crippen molar-refractivity contribution in [3.8, 4) is 0 Å².